The van der Waals surface area contributed by atoms with Gasteiger partial charge in [0.05, 0.1) is 26.9 Å². The number of aromatic hydroxyl groups is 1. The molecular weight excluding hydrogens is 514 g/mol. The number of nitro benzene ring substituents is 1. The molecule has 0 aliphatic rings. The summed E-state index contributed by atoms with van der Waals surface area (Å²) in [5, 5.41) is 23.5. The van der Waals surface area contributed by atoms with Crippen LogP contribution in [0.25, 0.3) is 32.9 Å². The third-order valence-electron chi connectivity index (χ3n) is 6.63. The molecule has 0 atom stereocenters. The van der Waals surface area contributed by atoms with Crippen LogP contribution in [0.5, 0.6) is 5.75 Å². The summed E-state index contributed by atoms with van der Waals surface area (Å²) in [6, 6.07) is 31.7. The molecule has 9 heteroatoms. The van der Waals surface area contributed by atoms with Gasteiger partial charge >= 0.3 is 0 Å². The largest absolute Gasteiger partial charge is 0.507 e. The van der Waals surface area contributed by atoms with E-state index in [9.17, 15) is 23.6 Å². The Bertz CT molecular complexity index is 1970. The highest BCUT2D eigenvalue weighted by Gasteiger charge is 2.33. The molecule has 6 rings (SSSR count). The summed E-state index contributed by atoms with van der Waals surface area (Å²) in [7, 11) is -4.34. The Morgan fingerprint density at radius 2 is 1.33 bits per heavy atom. The Balaban J connectivity index is 1.72. The van der Waals surface area contributed by atoms with Gasteiger partial charge in [0, 0.05) is 39.4 Å². The van der Waals surface area contributed by atoms with Gasteiger partial charge in [-0.15, -0.1) is 0 Å². The second-order valence-electron chi connectivity index (χ2n) is 8.93. The molecule has 2 N–H and O–H groups in total. The van der Waals surface area contributed by atoms with Crippen molar-refractivity contribution in [3.63, 3.8) is 0 Å². The van der Waals surface area contributed by atoms with Gasteiger partial charge in [0.2, 0.25) is 0 Å². The van der Waals surface area contributed by atoms with Crippen molar-refractivity contribution >= 4 is 48.8 Å². The summed E-state index contributed by atoms with van der Waals surface area (Å²) < 4.78 is 30.4. The summed E-state index contributed by atoms with van der Waals surface area (Å²) in [6.45, 7) is 0. The predicted molar refractivity (Wildman–Crippen MR) is 152 cm³/mol. The van der Waals surface area contributed by atoms with Crippen molar-refractivity contribution in [2.24, 2.45) is 0 Å². The maximum atomic E-state index is 14.5. The highest BCUT2D eigenvalue weighted by molar-refractivity contribution is 7.93. The Morgan fingerprint density at radius 3 is 2.03 bits per heavy atom. The van der Waals surface area contributed by atoms with Gasteiger partial charge in [0.1, 0.15) is 5.75 Å². The van der Waals surface area contributed by atoms with Crippen molar-refractivity contribution in [1.29, 1.82) is 0 Å². The topological polar surface area (TPSA) is 117 Å². The van der Waals surface area contributed by atoms with Crippen LogP contribution in [0.15, 0.2) is 120 Å². The minimum Gasteiger partial charge on any atom is -0.507 e. The number of benzene rings is 5. The maximum absolute atomic E-state index is 14.5. The lowest BCUT2D eigenvalue weighted by molar-refractivity contribution is -0.384. The number of aromatic amines is 1. The first-order chi connectivity index (χ1) is 18.9. The number of hydrogen-bond donors (Lipinski definition) is 2. The molecule has 0 fully saturated rings. The van der Waals surface area contributed by atoms with Crippen LogP contribution >= 0.6 is 0 Å². The summed E-state index contributed by atoms with van der Waals surface area (Å²) >= 11 is 0. The van der Waals surface area contributed by atoms with E-state index in [-0.39, 0.29) is 16.3 Å². The first kappa shape index (κ1) is 24.2. The average molecular weight is 536 g/mol. The minimum absolute atomic E-state index is 0.0178. The number of non-ortho nitro benzene ring substituents is 1. The predicted octanol–water partition coefficient (Wildman–Crippen LogP) is 7.13. The van der Waals surface area contributed by atoms with Crippen LogP contribution in [0.3, 0.4) is 0 Å². The van der Waals surface area contributed by atoms with Gasteiger partial charge in [-0.1, -0.05) is 72.8 Å². The van der Waals surface area contributed by atoms with Gasteiger partial charge in [-0.2, -0.15) is 0 Å². The van der Waals surface area contributed by atoms with Gasteiger partial charge < -0.3 is 10.1 Å². The lowest BCUT2D eigenvalue weighted by Crippen LogP contribution is -2.27. The number of para-hydroxylation sites is 1. The van der Waals surface area contributed by atoms with Crippen molar-refractivity contribution in [2.75, 3.05) is 4.31 Å². The van der Waals surface area contributed by atoms with Crippen molar-refractivity contribution in [3.8, 4) is 17.0 Å². The van der Waals surface area contributed by atoms with Crippen LogP contribution in [-0.2, 0) is 10.0 Å². The average Bonchev–Trinajstić information content (AvgIpc) is 3.34. The smallest absolute Gasteiger partial charge is 0.269 e. The van der Waals surface area contributed by atoms with Crippen LogP contribution in [-0.4, -0.2) is 23.4 Å². The van der Waals surface area contributed by atoms with Crippen LogP contribution in [0.1, 0.15) is 0 Å². The number of aromatic nitrogens is 1. The molecule has 1 heterocycles. The zero-order valence-corrected chi connectivity index (χ0v) is 21.2. The van der Waals surface area contributed by atoms with Crippen LogP contribution in [0.2, 0.25) is 0 Å². The van der Waals surface area contributed by atoms with Gasteiger partial charge in [-0.25, -0.2) is 12.7 Å². The van der Waals surface area contributed by atoms with Gasteiger partial charge in [-0.05, 0) is 30.3 Å². The molecule has 5 aromatic carbocycles. The summed E-state index contributed by atoms with van der Waals surface area (Å²) in [5.74, 6) is 0.0178. The third-order valence-corrected chi connectivity index (χ3v) is 8.35. The molecule has 39 heavy (non-hydrogen) atoms. The van der Waals surface area contributed by atoms with Crippen molar-refractivity contribution < 1.29 is 18.4 Å². The van der Waals surface area contributed by atoms with Crippen LogP contribution in [0.4, 0.5) is 17.1 Å². The quantitative estimate of drug-likeness (QED) is 0.174. The first-order valence-corrected chi connectivity index (χ1v) is 13.5. The molecule has 0 radical (unpaired) electrons. The van der Waals surface area contributed by atoms with Gasteiger partial charge in [0.15, 0.2) is 0 Å². The molecule has 6 aromatic rings. The molecule has 0 unspecified atom stereocenters. The van der Waals surface area contributed by atoms with Gasteiger partial charge in [-0.3, -0.25) is 10.1 Å². The highest BCUT2D eigenvalue weighted by atomic mass is 32.2. The molecule has 8 nitrogen and oxygen atoms in total. The monoisotopic (exact) mass is 535 g/mol. The number of nitro groups is 1. The first-order valence-electron chi connectivity index (χ1n) is 12.0. The van der Waals surface area contributed by atoms with E-state index < -0.39 is 14.9 Å². The SMILES string of the molecule is O=[N+]([O-])c1ccc(S(=O)(=O)N(c2c(-c3ccccc3)[nH]c3ccccc23)c2ccc(O)c3ccccc23)cc1. The van der Waals surface area contributed by atoms with Crippen molar-refractivity contribution in [1.82, 2.24) is 4.98 Å². The Kier molecular flexibility index (Phi) is 5.77. The molecule has 0 spiro atoms. The number of nitrogens with one attached hydrogen (secondary N) is 1. The number of H-pyrrole nitrogens is 1. The lowest BCUT2D eigenvalue weighted by Gasteiger charge is -2.27. The van der Waals surface area contributed by atoms with E-state index >= 15 is 0 Å². The number of fused-ring (bicyclic) bond motifs is 2. The normalized spacial score (nSPS) is 11.6. The molecule has 0 saturated carbocycles. The van der Waals surface area contributed by atoms with E-state index in [1.807, 2.05) is 54.6 Å². The van der Waals surface area contributed by atoms with E-state index in [0.717, 1.165) is 11.1 Å². The molecule has 1 aromatic heterocycles. The second kappa shape index (κ2) is 9.30. The number of phenols is 1. The highest BCUT2D eigenvalue weighted by Crippen LogP contribution is 2.46. The lowest BCUT2D eigenvalue weighted by atomic mass is 10.1. The molecule has 0 amide bonds. The number of rotatable bonds is 6. The number of nitrogens with zero attached hydrogens (tertiary/aromatic N) is 2. The Morgan fingerprint density at radius 1 is 0.718 bits per heavy atom. The molecule has 0 aliphatic heterocycles. The van der Waals surface area contributed by atoms with E-state index in [1.54, 1.807) is 30.3 Å². The number of phenolic OH excluding ortho intramolecular Hbond substituents is 1. The van der Waals surface area contributed by atoms with Crippen molar-refractivity contribution in [3.05, 3.63) is 125 Å². The number of sulfonamides is 1. The summed E-state index contributed by atoms with van der Waals surface area (Å²) in [4.78, 5) is 14.0. The fraction of sp³-hybridized carbons (Fsp3) is 0. The second-order valence-corrected chi connectivity index (χ2v) is 10.7. The van der Waals surface area contributed by atoms with E-state index in [1.165, 1.54) is 34.6 Å². The van der Waals surface area contributed by atoms with E-state index in [4.69, 9.17) is 0 Å². The zero-order chi connectivity index (χ0) is 27.1. The molecule has 0 bridgehead atoms. The van der Waals surface area contributed by atoms with Gasteiger partial charge in [0.25, 0.3) is 15.7 Å². The summed E-state index contributed by atoms with van der Waals surface area (Å²) in [6.07, 6.45) is 0. The number of hydrogen-bond acceptors (Lipinski definition) is 5. The fourth-order valence-electron chi connectivity index (χ4n) is 4.81. The Labute approximate surface area is 223 Å². The van der Waals surface area contributed by atoms with Crippen molar-refractivity contribution in [2.45, 2.75) is 4.90 Å². The maximum Gasteiger partial charge on any atom is 0.269 e. The summed E-state index contributed by atoms with van der Waals surface area (Å²) in [5.41, 5.74) is 2.59. The zero-order valence-electron chi connectivity index (χ0n) is 20.4. The fourth-order valence-corrected chi connectivity index (χ4v) is 6.35. The standard InChI is InChI=1S/C30H21N3O5S/c34-28-19-18-27(23-10-4-5-11-24(23)28)32(39(37,38)22-16-14-21(15-17-22)33(35)36)30-25-12-6-7-13-26(25)31-29(30)20-8-2-1-3-9-20/h1-19,31,34H. The van der Waals surface area contributed by atoms with Crippen LogP contribution < -0.4 is 4.31 Å². The minimum atomic E-state index is -4.34. The molecular formula is C30H21N3O5S. The van der Waals surface area contributed by atoms with E-state index in [2.05, 4.69) is 4.98 Å². The van der Waals surface area contributed by atoms with E-state index in [0.29, 0.717) is 33.2 Å². The molecule has 0 saturated heterocycles. The van der Waals surface area contributed by atoms with Crippen LogP contribution in [0, 0.1) is 10.1 Å². The molecule has 192 valence electrons. The Hall–Kier alpha value is -5.15. The number of anilines is 2. The third kappa shape index (κ3) is 4.05. The molecule has 0 aliphatic carbocycles.